The molecule has 222 valence electrons. The molecule has 0 saturated carbocycles. The highest BCUT2D eigenvalue weighted by molar-refractivity contribution is 14.0. The van der Waals surface area contributed by atoms with Crippen molar-refractivity contribution < 1.29 is 5.11 Å². The third-order valence-corrected chi connectivity index (χ3v) is 6.28. The number of benzene rings is 2. The molecule has 2 aromatic carbocycles. The molecule has 6 rings (SSSR count). The Bertz CT molecular complexity index is 1570. The van der Waals surface area contributed by atoms with Crippen molar-refractivity contribution in [3.05, 3.63) is 66.3 Å². The molecule has 4 aromatic heterocycles. The van der Waals surface area contributed by atoms with Gasteiger partial charge in [0.2, 0.25) is 0 Å². The second-order valence-electron chi connectivity index (χ2n) is 9.91. The third-order valence-electron chi connectivity index (χ3n) is 6.02. The van der Waals surface area contributed by atoms with E-state index in [-0.39, 0.29) is 37.6 Å². The number of rotatable bonds is 4. The maximum Gasteiger partial charge on any atom is 0.157 e. The van der Waals surface area contributed by atoms with Crippen molar-refractivity contribution in [1.82, 2.24) is 35.2 Å². The fraction of sp³-hybridized carbons (Fsp3) is 0.333. The van der Waals surface area contributed by atoms with E-state index in [2.05, 4.69) is 68.9 Å². The molecule has 9 nitrogen and oxygen atoms in total. The summed E-state index contributed by atoms with van der Waals surface area (Å²) >= 11 is 6.20. The molecule has 11 heteroatoms. The molecule has 0 aliphatic heterocycles. The summed E-state index contributed by atoms with van der Waals surface area (Å²) in [6.07, 6.45) is 3.71. The van der Waals surface area contributed by atoms with Crippen LogP contribution in [0, 0.1) is 11.8 Å². The van der Waals surface area contributed by atoms with Gasteiger partial charge in [0.05, 0.1) is 34.7 Å². The van der Waals surface area contributed by atoms with Crippen molar-refractivity contribution in [1.29, 1.82) is 0 Å². The fourth-order valence-electron chi connectivity index (χ4n) is 4.62. The van der Waals surface area contributed by atoms with Crippen molar-refractivity contribution >= 4 is 85.3 Å². The van der Waals surface area contributed by atoms with Crippen LogP contribution >= 0.6 is 35.6 Å². The summed E-state index contributed by atoms with van der Waals surface area (Å²) in [5.41, 5.74) is 11.6. The van der Waals surface area contributed by atoms with Crippen molar-refractivity contribution in [2.75, 3.05) is 12.8 Å². The number of aliphatic hydroxyl groups is 1. The van der Waals surface area contributed by atoms with Gasteiger partial charge in [-0.3, -0.25) is 0 Å². The number of pyridine rings is 2. The average Bonchev–Trinajstić information content (AvgIpc) is 3.51. The average molecular weight is 693 g/mol. The normalized spacial score (nSPS) is 10.5. The number of anilines is 1. The van der Waals surface area contributed by atoms with Gasteiger partial charge in [0.25, 0.3) is 0 Å². The lowest BCUT2D eigenvalue weighted by Gasteiger charge is -2.09. The molecule has 4 heterocycles. The molecule has 0 saturated heterocycles. The molecule has 0 aliphatic rings. The number of nitrogens with zero attached hydrogens (tertiary/aromatic N) is 6. The first-order chi connectivity index (χ1) is 18.3. The van der Waals surface area contributed by atoms with Crippen LogP contribution in [0.4, 0.5) is 5.82 Å². The Morgan fingerprint density at radius 2 is 1.17 bits per heavy atom. The number of imidazole rings is 2. The smallest absolute Gasteiger partial charge is 0.157 e. The van der Waals surface area contributed by atoms with Gasteiger partial charge < -0.3 is 26.1 Å². The van der Waals surface area contributed by atoms with Gasteiger partial charge in [-0.15, -0.1) is 24.0 Å². The number of hydrogen-bond acceptors (Lipinski definition) is 7. The zero-order valence-electron chi connectivity index (χ0n) is 23.5. The molecule has 6 N–H and O–H groups in total. The van der Waals surface area contributed by atoms with E-state index in [0.717, 1.165) is 64.1 Å². The number of aromatic nitrogens is 6. The highest BCUT2D eigenvalue weighted by Crippen LogP contribution is 2.29. The molecular formula is C30H42ClIN8O. The lowest BCUT2D eigenvalue weighted by molar-refractivity contribution is 0.399. The van der Waals surface area contributed by atoms with Crippen molar-refractivity contribution in [3.63, 3.8) is 0 Å². The number of nitrogens with two attached hydrogens (primary N) is 1. The zero-order chi connectivity index (χ0) is 27.4. The summed E-state index contributed by atoms with van der Waals surface area (Å²) in [7, 11) is 1.00. The monoisotopic (exact) mass is 692 g/mol. The van der Waals surface area contributed by atoms with Crippen LogP contribution in [0.15, 0.2) is 61.2 Å². The molecule has 0 amide bonds. The van der Waals surface area contributed by atoms with Crippen molar-refractivity contribution in [2.24, 2.45) is 11.8 Å². The van der Waals surface area contributed by atoms with Crippen molar-refractivity contribution in [2.45, 2.75) is 48.2 Å². The molecule has 0 spiro atoms. The largest absolute Gasteiger partial charge is 0.400 e. The van der Waals surface area contributed by atoms with Gasteiger partial charge >= 0.3 is 0 Å². The Hall–Kier alpha value is -3.06. The molecule has 0 atom stereocenters. The van der Waals surface area contributed by atoms with Crippen LogP contribution < -0.4 is 11.9 Å². The van der Waals surface area contributed by atoms with Gasteiger partial charge in [-0.05, 0) is 24.0 Å². The van der Waals surface area contributed by atoms with Gasteiger partial charge in [-0.1, -0.05) is 83.1 Å². The van der Waals surface area contributed by atoms with Crippen LogP contribution in [0.3, 0.4) is 0 Å². The van der Waals surface area contributed by atoms with E-state index >= 15 is 0 Å². The molecule has 0 unspecified atom stereocenters. The van der Waals surface area contributed by atoms with E-state index in [0.29, 0.717) is 22.8 Å². The standard InChI is InChI=1S/C14H14ClN3.C14H16N4.CH4O.CH4.HI.H3N/c2*1-9(2)7-18-8-16-12-13(18)10-5-3-4-6-11(10)17-14(12)15;1-2;;;/h3-6,8-9H,7H2,1-2H3;3-6,8-9H,7H2,1-2H3,(H2,15,17);2H,1H3;1H4;1H;1H3. The Labute approximate surface area is 263 Å². The van der Waals surface area contributed by atoms with Crippen LogP contribution in [0.2, 0.25) is 5.15 Å². The Balaban J connectivity index is 0.000000362. The first-order valence-corrected chi connectivity index (χ1v) is 13.0. The Morgan fingerprint density at radius 1 is 0.756 bits per heavy atom. The number of fused-ring (bicyclic) bond motifs is 6. The number of aliphatic hydroxyl groups excluding tert-OH is 1. The number of halogens is 2. The summed E-state index contributed by atoms with van der Waals surface area (Å²) in [4.78, 5) is 17.6. The zero-order valence-corrected chi connectivity index (χ0v) is 26.6. The maximum absolute atomic E-state index is 7.00. The molecule has 6 aromatic rings. The van der Waals surface area contributed by atoms with E-state index < -0.39 is 0 Å². The minimum absolute atomic E-state index is 0. The van der Waals surface area contributed by atoms with Crippen LogP contribution in [0.1, 0.15) is 35.1 Å². The highest BCUT2D eigenvalue weighted by atomic mass is 127. The highest BCUT2D eigenvalue weighted by Gasteiger charge is 2.14. The van der Waals surface area contributed by atoms with E-state index in [4.69, 9.17) is 22.4 Å². The van der Waals surface area contributed by atoms with Gasteiger partial charge in [0, 0.05) is 31.0 Å². The van der Waals surface area contributed by atoms with Crippen LogP contribution in [0.5, 0.6) is 0 Å². The lowest BCUT2D eigenvalue weighted by Crippen LogP contribution is -2.03. The second-order valence-corrected chi connectivity index (χ2v) is 10.3. The Morgan fingerprint density at radius 3 is 1.66 bits per heavy atom. The number of nitrogen functional groups attached to an aromatic ring is 1. The van der Waals surface area contributed by atoms with Gasteiger partial charge in [-0.25, -0.2) is 19.9 Å². The molecule has 0 radical (unpaired) electrons. The molecular weight excluding hydrogens is 651 g/mol. The topological polar surface area (TPSA) is 143 Å². The van der Waals surface area contributed by atoms with Crippen LogP contribution in [-0.4, -0.2) is 41.3 Å². The van der Waals surface area contributed by atoms with E-state index in [9.17, 15) is 0 Å². The van der Waals surface area contributed by atoms with Crippen LogP contribution in [0.25, 0.3) is 43.9 Å². The van der Waals surface area contributed by atoms with Gasteiger partial charge in [0.1, 0.15) is 11.0 Å². The Kier molecular flexibility index (Phi) is 13.9. The van der Waals surface area contributed by atoms with Gasteiger partial charge in [-0.2, -0.15) is 0 Å². The minimum atomic E-state index is 0. The predicted molar refractivity (Wildman–Crippen MR) is 184 cm³/mol. The SMILES string of the molecule is C.CC(C)Cn1cnc2c(Cl)nc3ccccc3c21.CC(C)Cn1cnc2c(N)nc3ccccc3c21.CO.I.N. The number of para-hydroxylation sites is 2. The summed E-state index contributed by atoms with van der Waals surface area (Å²) in [5.74, 6) is 1.63. The second kappa shape index (κ2) is 15.8. The number of hydrogen-bond donors (Lipinski definition) is 3. The summed E-state index contributed by atoms with van der Waals surface area (Å²) in [6.45, 7) is 10.6. The fourth-order valence-corrected chi connectivity index (χ4v) is 4.84. The molecule has 0 aliphatic carbocycles. The third kappa shape index (κ3) is 7.62. The summed E-state index contributed by atoms with van der Waals surface area (Å²) in [5, 5.41) is 9.70. The van der Waals surface area contributed by atoms with Crippen molar-refractivity contribution in [3.8, 4) is 0 Å². The first kappa shape index (κ1) is 36.0. The maximum atomic E-state index is 7.00. The minimum Gasteiger partial charge on any atom is -0.400 e. The molecule has 0 bridgehead atoms. The van der Waals surface area contributed by atoms with E-state index in [1.54, 1.807) is 0 Å². The van der Waals surface area contributed by atoms with Crippen LogP contribution in [-0.2, 0) is 13.1 Å². The summed E-state index contributed by atoms with van der Waals surface area (Å²) < 4.78 is 4.33. The van der Waals surface area contributed by atoms with E-state index in [1.807, 2.05) is 49.1 Å². The molecule has 0 fully saturated rings. The first-order valence-electron chi connectivity index (χ1n) is 12.7. The quantitative estimate of drug-likeness (QED) is 0.127. The predicted octanol–water partition coefficient (Wildman–Crippen LogP) is 7.74. The molecule has 41 heavy (non-hydrogen) atoms. The van der Waals surface area contributed by atoms with Gasteiger partial charge in [0.15, 0.2) is 11.0 Å². The van der Waals surface area contributed by atoms with E-state index in [1.165, 1.54) is 0 Å². The summed E-state index contributed by atoms with van der Waals surface area (Å²) in [6, 6.07) is 16.1. The lowest BCUT2D eigenvalue weighted by atomic mass is 10.1.